The third-order valence-electron chi connectivity index (χ3n) is 9.31. The number of esters is 2. The summed E-state index contributed by atoms with van der Waals surface area (Å²) >= 11 is 0. The first-order valence-electron chi connectivity index (χ1n) is 13.4. The predicted molar refractivity (Wildman–Crippen MR) is 136 cm³/mol. The molecule has 5 aliphatic rings. The van der Waals surface area contributed by atoms with Crippen LogP contribution >= 0.6 is 0 Å². The van der Waals surface area contributed by atoms with E-state index in [2.05, 4.69) is 0 Å². The second kappa shape index (κ2) is 10.3. The minimum absolute atomic E-state index is 0.0504. The van der Waals surface area contributed by atoms with Crippen molar-refractivity contribution >= 4 is 17.9 Å². The molecule has 3 aliphatic heterocycles. The van der Waals surface area contributed by atoms with Gasteiger partial charge in [-0.1, -0.05) is 30.7 Å². The van der Waals surface area contributed by atoms with E-state index in [9.17, 15) is 24.6 Å². The van der Waals surface area contributed by atoms with Crippen LogP contribution in [0.1, 0.15) is 46.5 Å². The Morgan fingerprint density at radius 3 is 2.59 bits per heavy atom. The summed E-state index contributed by atoms with van der Waals surface area (Å²) in [5.41, 5.74) is -1.39. The first-order valence-corrected chi connectivity index (χ1v) is 13.4. The highest BCUT2D eigenvalue weighted by Gasteiger charge is 2.83. The molecule has 0 aromatic heterocycles. The van der Waals surface area contributed by atoms with Crippen molar-refractivity contribution in [1.29, 1.82) is 0 Å². The molecule has 5 rings (SSSR count). The van der Waals surface area contributed by atoms with Gasteiger partial charge in [-0.3, -0.25) is 0 Å². The highest BCUT2D eigenvalue weighted by molar-refractivity contribution is 5.87. The molecule has 212 valence electrons. The summed E-state index contributed by atoms with van der Waals surface area (Å²) in [7, 11) is 0. The van der Waals surface area contributed by atoms with Crippen molar-refractivity contribution in [2.45, 2.75) is 82.6 Å². The van der Waals surface area contributed by atoms with Crippen molar-refractivity contribution < 1.29 is 48.3 Å². The first kappa shape index (κ1) is 27.8. The maximum atomic E-state index is 12.9. The number of epoxide rings is 1. The van der Waals surface area contributed by atoms with Gasteiger partial charge in [-0.15, -0.1) is 0 Å². The van der Waals surface area contributed by atoms with Crippen LogP contribution in [0, 0.1) is 10.8 Å². The summed E-state index contributed by atoms with van der Waals surface area (Å²) in [5, 5.41) is 19.7. The van der Waals surface area contributed by atoms with Gasteiger partial charge in [0.05, 0.1) is 36.9 Å². The Hall–Kier alpha value is -2.79. The Morgan fingerprint density at radius 2 is 1.90 bits per heavy atom. The van der Waals surface area contributed by atoms with Crippen LogP contribution in [0.3, 0.4) is 0 Å². The van der Waals surface area contributed by atoms with Crippen LogP contribution in [0.25, 0.3) is 0 Å². The van der Waals surface area contributed by atoms with Crippen molar-refractivity contribution in [3.05, 3.63) is 47.6 Å². The Balaban J connectivity index is 1.53. The molecule has 10 heteroatoms. The number of aliphatic hydroxyl groups is 1. The molecule has 0 amide bonds. The topological polar surface area (TPSA) is 141 Å². The molecule has 2 N–H and O–H groups in total. The fourth-order valence-electron chi connectivity index (χ4n) is 6.89. The Bertz CT molecular complexity index is 1140. The third-order valence-corrected chi connectivity index (χ3v) is 9.31. The maximum Gasteiger partial charge on any atom is 0.331 e. The fourth-order valence-corrected chi connectivity index (χ4v) is 6.89. The summed E-state index contributed by atoms with van der Waals surface area (Å²) in [6.45, 7) is 6.04. The summed E-state index contributed by atoms with van der Waals surface area (Å²) in [5.74, 6) is -2.09. The number of aliphatic carboxylic acids is 1. The van der Waals surface area contributed by atoms with Crippen molar-refractivity contribution in [3.63, 3.8) is 0 Å². The van der Waals surface area contributed by atoms with Gasteiger partial charge in [0.2, 0.25) is 0 Å². The van der Waals surface area contributed by atoms with Crippen LogP contribution in [0.15, 0.2) is 47.6 Å². The number of aliphatic hydroxyl groups excluding tert-OH is 1. The quantitative estimate of drug-likeness (QED) is 0.393. The van der Waals surface area contributed by atoms with Crippen LogP contribution in [0.5, 0.6) is 0 Å². The largest absolute Gasteiger partial charge is 0.478 e. The second-order valence-electron chi connectivity index (χ2n) is 11.4. The number of carbonyl (C=O) groups is 3. The van der Waals surface area contributed by atoms with Gasteiger partial charge in [-0.2, -0.15) is 0 Å². The van der Waals surface area contributed by atoms with E-state index in [0.717, 1.165) is 5.57 Å². The lowest BCUT2D eigenvalue weighted by atomic mass is 9.51. The number of allylic oxidation sites excluding steroid dienone is 2. The average Bonchev–Trinajstić information content (AvgIpc) is 3.66. The van der Waals surface area contributed by atoms with E-state index < -0.39 is 64.9 Å². The van der Waals surface area contributed by atoms with Gasteiger partial charge in [0.1, 0.15) is 24.4 Å². The Kier molecular flexibility index (Phi) is 7.34. The zero-order valence-corrected chi connectivity index (χ0v) is 22.5. The molecule has 39 heavy (non-hydrogen) atoms. The first-order chi connectivity index (χ1) is 18.5. The molecule has 2 saturated heterocycles. The van der Waals surface area contributed by atoms with Crippen LogP contribution in [-0.2, 0) is 38.1 Å². The van der Waals surface area contributed by atoms with Gasteiger partial charge in [-0.05, 0) is 39.2 Å². The number of hydrogen-bond acceptors (Lipinski definition) is 9. The number of carboxylic acid groups (broad SMARTS) is 1. The number of carboxylic acids is 1. The highest BCUT2D eigenvalue weighted by atomic mass is 16.6. The normalized spacial score (nSPS) is 43.0. The van der Waals surface area contributed by atoms with Crippen LogP contribution in [0.4, 0.5) is 0 Å². The molecule has 2 spiro atoms. The SMILES string of the molecule is CC1=CC(=O)OC[C@]23CCC(C(=O)O)=C[C@H]2O[C@@H]2C[C@H](OC(=O)/C=C\C=C\[C@H]([C@H](C)O)OCC1)[C@@]3(C)[C@]21CO1. The van der Waals surface area contributed by atoms with E-state index >= 15 is 0 Å². The van der Waals surface area contributed by atoms with Crippen LogP contribution < -0.4 is 0 Å². The Morgan fingerprint density at radius 1 is 1.13 bits per heavy atom. The van der Waals surface area contributed by atoms with Crippen molar-refractivity contribution in [2.75, 3.05) is 19.8 Å². The fraction of sp³-hybridized carbons (Fsp3) is 0.621. The lowest BCUT2D eigenvalue weighted by molar-refractivity contribution is -0.232. The van der Waals surface area contributed by atoms with E-state index in [0.29, 0.717) is 25.9 Å². The van der Waals surface area contributed by atoms with Crippen LogP contribution in [0.2, 0.25) is 0 Å². The maximum absolute atomic E-state index is 12.9. The molecule has 0 unspecified atom stereocenters. The van der Waals surface area contributed by atoms with Crippen molar-refractivity contribution in [2.24, 2.45) is 10.8 Å². The molecule has 1 saturated carbocycles. The molecule has 10 nitrogen and oxygen atoms in total. The molecular formula is C29H36O10. The molecular weight excluding hydrogens is 508 g/mol. The van der Waals surface area contributed by atoms with E-state index in [1.165, 1.54) is 12.2 Å². The number of hydrogen-bond donors (Lipinski definition) is 2. The molecule has 3 fully saturated rings. The van der Waals surface area contributed by atoms with Gasteiger partial charge < -0.3 is 33.9 Å². The molecule has 0 radical (unpaired) electrons. The molecule has 8 atom stereocenters. The van der Waals surface area contributed by atoms with Gasteiger partial charge in [0, 0.05) is 29.6 Å². The predicted octanol–water partition coefficient (Wildman–Crippen LogP) is 2.41. The minimum Gasteiger partial charge on any atom is -0.478 e. The standard InChI is InChI=1S/C29H36O10/c1-17-9-11-35-20(18(2)30)6-4-5-7-24(31)39-21-14-23-29(16-37-29)27(21,3)28(15-36-25(32)12-17)10-8-19(26(33)34)13-22(28)38-23/h4-7,12-13,18,20-23,30H,8-11,14-16H2,1-3H3,(H,33,34)/b6-4+,7-5-,17-12?/t18-,20+,21-,22+,23+,27+,28+,29-/m0/s1. The van der Waals surface area contributed by atoms with Crippen molar-refractivity contribution in [1.82, 2.24) is 0 Å². The van der Waals surface area contributed by atoms with Crippen LogP contribution in [-0.4, -0.2) is 84.1 Å². The average molecular weight is 545 g/mol. The van der Waals surface area contributed by atoms with Gasteiger partial charge >= 0.3 is 17.9 Å². The zero-order valence-electron chi connectivity index (χ0n) is 22.5. The van der Waals surface area contributed by atoms with Gasteiger partial charge in [0.15, 0.2) is 0 Å². The lowest BCUT2D eigenvalue weighted by Crippen LogP contribution is -2.67. The molecule has 0 aromatic carbocycles. The number of carbonyl (C=O) groups excluding carboxylic acids is 2. The summed E-state index contributed by atoms with van der Waals surface area (Å²) < 4.78 is 30.2. The molecule has 3 heterocycles. The Labute approximate surface area is 227 Å². The third kappa shape index (κ3) is 4.67. The second-order valence-corrected chi connectivity index (χ2v) is 11.4. The number of cyclic esters (lactones) is 1. The molecule has 0 aromatic rings. The van der Waals surface area contributed by atoms with Crippen molar-refractivity contribution in [3.8, 4) is 0 Å². The summed E-state index contributed by atoms with van der Waals surface area (Å²) in [6.07, 6.45) is 7.60. The van der Waals surface area contributed by atoms with E-state index in [-0.39, 0.29) is 25.2 Å². The lowest BCUT2D eigenvalue weighted by Gasteiger charge is -2.58. The monoisotopic (exact) mass is 544 g/mol. The summed E-state index contributed by atoms with van der Waals surface area (Å²) in [4.78, 5) is 37.7. The summed E-state index contributed by atoms with van der Waals surface area (Å²) in [6, 6.07) is 0. The zero-order chi connectivity index (χ0) is 28.0. The number of ether oxygens (including phenoxy) is 5. The van der Waals surface area contributed by atoms with E-state index in [4.69, 9.17) is 23.7 Å². The van der Waals surface area contributed by atoms with E-state index in [1.807, 2.05) is 6.92 Å². The minimum atomic E-state index is -1.01. The number of rotatable bonds is 2. The molecule has 2 aliphatic carbocycles. The highest BCUT2D eigenvalue weighted by Crippen LogP contribution is 2.72. The molecule has 2 bridgehead atoms. The smallest absolute Gasteiger partial charge is 0.331 e. The van der Waals surface area contributed by atoms with E-state index in [1.54, 1.807) is 38.2 Å². The van der Waals surface area contributed by atoms with Gasteiger partial charge in [-0.25, -0.2) is 14.4 Å². The van der Waals surface area contributed by atoms with Gasteiger partial charge in [0.25, 0.3) is 0 Å².